The summed E-state index contributed by atoms with van der Waals surface area (Å²) in [6.45, 7) is 6.28. The summed E-state index contributed by atoms with van der Waals surface area (Å²) in [4.78, 5) is 12.5. The van der Waals surface area contributed by atoms with Gasteiger partial charge in [-0.15, -0.1) is 0 Å². The van der Waals surface area contributed by atoms with Gasteiger partial charge in [0.1, 0.15) is 11.4 Å². The minimum absolute atomic E-state index is 0.0210. The predicted molar refractivity (Wildman–Crippen MR) is 80.8 cm³/mol. The van der Waals surface area contributed by atoms with Crippen LogP contribution in [0.4, 0.5) is 0 Å². The van der Waals surface area contributed by atoms with Gasteiger partial charge in [-0.2, -0.15) is 0 Å². The lowest BCUT2D eigenvalue weighted by Crippen LogP contribution is -2.18. The molecule has 0 aliphatic carbocycles. The Hall–Kier alpha value is -1.97. The second-order valence-corrected chi connectivity index (χ2v) is 5.46. The Bertz CT molecular complexity index is 638. The van der Waals surface area contributed by atoms with Crippen molar-refractivity contribution in [1.29, 1.82) is 0 Å². The van der Waals surface area contributed by atoms with E-state index in [9.17, 15) is 4.79 Å². The standard InChI is InChI=1S/C16H22N2O2/c1-11(2)9-10-13-12(3)17-18(16(13)19)14-7-5-6-8-15(14)20-4/h5-8,11,17H,9-10H2,1-4H3. The zero-order chi connectivity index (χ0) is 14.7. The van der Waals surface area contributed by atoms with Gasteiger partial charge in [-0.05, 0) is 37.8 Å². The first kappa shape index (κ1) is 14.4. The van der Waals surface area contributed by atoms with Crippen LogP contribution < -0.4 is 10.3 Å². The Morgan fingerprint density at radius 3 is 2.65 bits per heavy atom. The molecule has 2 rings (SSSR count). The number of ether oxygens (including phenoxy) is 1. The molecule has 1 heterocycles. The van der Waals surface area contributed by atoms with Crippen LogP contribution in [0.3, 0.4) is 0 Å². The Labute approximate surface area is 119 Å². The second kappa shape index (κ2) is 5.99. The zero-order valence-corrected chi connectivity index (χ0v) is 12.6. The Morgan fingerprint density at radius 1 is 1.30 bits per heavy atom. The molecule has 1 aromatic carbocycles. The molecular weight excluding hydrogens is 252 g/mol. The molecule has 0 bridgehead atoms. The van der Waals surface area contributed by atoms with Crippen molar-refractivity contribution in [3.05, 3.63) is 45.9 Å². The highest BCUT2D eigenvalue weighted by Gasteiger charge is 2.14. The largest absolute Gasteiger partial charge is 0.494 e. The number of rotatable bonds is 5. The van der Waals surface area contributed by atoms with Gasteiger partial charge in [-0.25, -0.2) is 4.68 Å². The monoisotopic (exact) mass is 274 g/mol. The Balaban J connectivity index is 2.44. The molecule has 2 aromatic rings. The molecule has 0 spiro atoms. The molecular formula is C16H22N2O2. The lowest BCUT2D eigenvalue weighted by molar-refractivity contribution is 0.411. The fourth-order valence-corrected chi connectivity index (χ4v) is 2.29. The van der Waals surface area contributed by atoms with Gasteiger partial charge in [0.15, 0.2) is 0 Å². The van der Waals surface area contributed by atoms with Crippen LogP contribution in [-0.2, 0) is 6.42 Å². The van der Waals surface area contributed by atoms with Crippen molar-refractivity contribution in [3.8, 4) is 11.4 Å². The lowest BCUT2D eigenvalue weighted by atomic mass is 10.0. The van der Waals surface area contributed by atoms with Gasteiger partial charge in [0.25, 0.3) is 5.56 Å². The number of H-pyrrole nitrogens is 1. The maximum Gasteiger partial charge on any atom is 0.274 e. The van der Waals surface area contributed by atoms with Crippen molar-refractivity contribution in [1.82, 2.24) is 9.78 Å². The summed E-state index contributed by atoms with van der Waals surface area (Å²) in [5.74, 6) is 1.27. The first-order chi connectivity index (χ1) is 9.54. The van der Waals surface area contributed by atoms with Crippen molar-refractivity contribution in [2.75, 3.05) is 7.11 Å². The highest BCUT2D eigenvalue weighted by Crippen LogP contribution is 2.21. The normalized spacial score (nSPS) is 11.1. The van der Waals surface area contributed by atoms with Gasteiger partial charge >= 0.3 is 0 Å². The van der Waals surface area contributed by atoms with Crippen molar-refractivity contribution >= 4 is 0 Å². The van der Waals surface area contributed by atoms with Crippen LogP contribution in [0.1, 0.15) is 31.5 Å². The maximum absolute atomic E-state index is 12.5. The van der Waals surface area contributed by atoms with Crippen LogP contribution in [0.5, 0.6) is 5.75 Å². The van der Waals surface area contributed by atoms with Gasteiger partial charge in [-0.1, -0.05) is 26.0 Å². The molecule has 0 amide bonds. The number of hydrogen-bond donors (Lipinski definition) is 1. The molecule has 0 fully saturated rings. The van der Waals surface area contributed by atoms with Crippen LogP contribution in [0.15, 0.2) is 29.1 Å². The highest BCUT2D eigenvalue weighted by molar-refractivity contribution is 5.46. The minimum Gasteiger partial charge on any atom is -0.494 e. The van der Waals surface area contributed by atoms with Crippen LogP contribution in [0.2, 0.25) is 0 Å². The van der Waals surface area contributed by atoms with Crippen LogP contribution in [0.25, 0.3) is 5.69 Å². The van der Waals surface area contributed by atoms with Crippen LogP contribution in [-0.4, -0.2) is 16.9 Å². The number of benzene rings is 1. The Morgan fingerprint density at radius 2 is 2.00 bits per heavy atom. The molecule has 4 nitrogen and oxygen atoms in total. The SMILES string of the molecule is COc1ccccc1-n1[nH]c(C)c(CCC(C)C)c1=O. The van der Waals surface area contributed by atoms with E-state index in [1.54, 1.807) is 11.8 Å². The first-order valence-electron chi connectivity index (χ1n) is 6.98. The quantitative estimate of drug-likeness (QED) is 0.910. The van der Waals surface area contributed by atoms with Crippen LogP contribution >= 0.6 is 0 Å². The van der Waals surface area contributed by atoms with Gasteiger partial charge < -0.3 is 4.74 Å². The average Bonchev–Trinajstić information content (AvgIpc) is 2.71. The number of aryl methyl sites for hydroxylation is 1. The first-order valence-corrected chi connectivity index (χ1v) is 6.98. The van der Waals surface area contributed by atoms with E-state index in [0.717, 1.165) is 29.8 Å². The summed E-state index contributed by atoms with van der Waals surface area (Å²) in [6.07, 6.45) is 1.82. The number of nitrogens with one attached hydrogen (secondary N) is 1. The van der Waals surface area contributed by atoms with E-state index in [4.69, 9.17) is 4.74 Å². The smallest absolute Gasteiger partial charge is 0.274 e. The number of methoxy groups -OCH3 is 1. The number of aromatic nitrogens is 2. The minimum atomic E-state index is 0.0210. The molecule has 0 aliphatic heterocycles. The maximum atomic E-state index is 12.5. The predicted octanol–water partition coefficient (Wildman–Crippen LogP) is 3.07. The summed E-state index contributed by atoms with van der Waals surface area (Å²) in [7, 11) is 1.61. The molecule has 1 aromatic heterocycles. The van der Waals surface area contributed by atoms with Gasteiger partial charge in [0.05, 0.1) is 7.11 Å². The average molecular weight is 274 g/mol. The van der Waals surface area contributed by atoms with E-state index >= 15 is 0 Å². The second-order valence-electron chi connectivity index (χ2n) is 5.46. The summed E-state index contributed by atoms with van der Waals surface area (Å²) < 4.78 is 6.90. The molecule has 108 valence electrons. The summed E-state index contributed by atoms with van der Waals surface area (Å²) in [6, 6.07) is 7.52. The summed E-state index contributed by atoms with van der Waals surface area (Å²) in [5, 5.41) is 3.15. The van der Waals surface area contributed by atoms with Crippen molar-refractivity contribution < 1.29 is 4.74 Å². The third-order valence-corrected chi connectivity index (χ3v) is 3.49. The van der Waals surface area contributed by atoms with Gasteiger partial charge in [0.2, 0.25) is 0 Å². The topological polar surface area (TPSA) is 47.0 Å². The van der Waals surface area contributed by atoms with Gasteiger partial charge in [0, 0.05) is 11.3 Å². The fraction of sp³-hybridized carbons (Fsp3) is 0.438. The van der Waals surface area contributed by atoms with Gasteiger partial charge in [-0.3, -0.25) is 9.89 Å². The molecule has 0 saturated carbocycles. The molecule has 0 unspecified atom stereocenters. The Kier molecular flexibility index (Phi) is 4.32. The van der Waals surface area contributed by atoms with E-state index in [0.29, 0.717) is 11.7 Å². The van der Waals surface area contributed by atoms with E-state index in [-0.39, 0.29) is 5.56 Å². The molecule has 4 heteroatoms. The summed E-state index contributed by atoms with van der Waals surface area (Å²) in [5.41, 5.74) is 2.57. The van der Waals surface area contributed by atoms with Crippen molar-refractivity contribution in [3.63, 3.8) is 0 Å². The van der Waals surface area contributed by atoms with E-state index in [1.165, 1.54) is 0 Å². The number of nitrogens with zero attached hydrogens (tertiary/aromatic N) is 1. The number of para-hydroxylation sites is 2. The highest BCUT2D eigenvalue weighted by atomic mass is 16.5. The zero-order valence-electron chi connectivity index (χ0n) is 12.6. The fourth-order valence-electron chi connectivity index (χ4n) is 2.29. The molecule has 0 saturated heterocycles. The van der Waals surface area contributed by atoms with Crippen molar-refractivity contribution in [2.24, 2.45) is 5.92 Å². The molecule has 1 N–H and O–H groups in total. The lowest BCUT2D eigenvalue weighted by Gasteiger charge is -2.07. The molecule has 0 radical (unpaired) electrons. The summed E-state index contributed by atoms with van der Waals surface area (Å²) >= 11 is 0. The molecule has 20 heavy (non-hydrogen) atoms. The van der Waals surface area contributed by atoms with Crippen molar-refractivity contribution in [2.45, 2.75) is 33.6 Å². The van der Waals surface area contributed by atoms with Crippen LogP contribution in [0, 0.1) is 12.8 Å². The van der Waals surface area contributed by atoms with E-state index in [1.807, 2.05) is 31.2 Å². The molecule has 0 aliphatic rings. The third-order valence-electron chi connectivity index (χ3n) is 3.49. The number of hydrogen-bond acceptors (Lipinski definition) is 2. The number of aromatic amines is 1. The third kappa shape index (κ3) is 2.79. The molecule has 0 atom stereocenters. The van der Waals surface area contributed by atoms with E-state index < -0.39 is 0 Å². The van der Waals surface area contributed by atoms with E-state index in [2.05, 4.69) is 18.9 Å².